The second-order valence-electron chi connectivity index (χ2n) is 15.6. The van der Waals surface area contributed by atoms with Crippen LogP contribution in [-0.2, 0) is 9.59 Å². The van der Waals surface area contributed by atoms with Crippen LogP contribution >= 0.6 is 11.6 Å². The zero-order valence-corrected chi connectivity index (χ0v) is 35.7. The lowest BCUT2D eigenvalue weighted by Gasteiger charge is -2.43. The summed E-state index contributed by atoms with van der Waals surface area (Å²) in [6, 6.07) is 8.11. The number of hydrogen-bond acceptors (Lipinski definition) is 12. The highest BCUT2D eigenvalue weighted by molar-refractivity contribution is 6.28. The van der Waals surface area contributed by atoms with Gasteiger partial charge in [-0.3, -0.25) is 24.1 Å². The minimum absolute atomic E-state index is 0.118. The van der Waals surface area contributed by atoms with E-state index in [4.69, 9.17) is 16.6 Å². The summed E-state index contributed by atoms with van der Waals surface area (Å²) in [4.78, 5) is 71.2. The number of nitrogens with zero attached hydrogens (tertiary/aromatic N) is 13. The van der Waals surface area contributed by atoms with Crippen LogP contribution < -0.4 is 19.6 Å². The van der Waals surface area contributed by atoms with Gasteiger partial charge in [-0.15, -0.1) is 0 Å². The number of carbonyl (C=O) groups is 2. The maximum absolute atomic E-state index is 13.0. The van der Waals surface area contributed by atoms with Crippen molar-refractivity contribution in [1.29, 1.82) is 0 Å². The highest BCUT2D eigenvalue weighted by Gasteiger charge is 2.42. The van der Waals surface area contributed by atoms with E-state index in [0.717, 1.165) is 84.3 Å². The number of hydrogen-bond donors (Lipinski definition) is 1. The van der Waals surface area contributed by atoms with Crippen LogP contribution in [0.5, 0.6) is 0 Å². The molecule has 10 rings (SSSR count). The molecule has 2 fully saturated rings. The number of carbonyl (C=O) groups excluding carboxylic acids is 2. The van der Waals surface area contributed by atoms with E-state index in [1.54, 1.807) is 72.6 Å². The Hall–Kier alpha value is -6.29. The van der Waals surface area contributed by atoms with Gasteiger partial charge in [0.2, 0.25) is 23.0 Å². The number of H-pyrrole nitrogens is 1. The molecule has 16 nitrogen and oxygen atoms in total. The molecule has 0 bridgehead atoms. The topological polar surface area (TPSA) is 171 Å². The summed E-state index contributed by atoms with van der Waals surface area (Å²) in [5.41, 5.74) is 3.44. The summed E-state index contributed by atoms with van der Waals surface area (Å²) in [6.07, 6.45) is 28.4. The van der Waals surface area contributed by atoms with Crippen molar-refractivity contribution in [2.24, 2.45) is 0 Å². The largest absolute Gasteiger partial charge is 0.345 e. The Morgan fingerprint density at radius 2 is 1.23 bits per heavy atom. The molecule has 2 atom stereocenters. The number of anilines is 4. The fourth-order valence-electron chi connectivity index (χ4n) is 8.95. The third-order valence-corrected chi connectivity index (χ3v) is 12.2. The van der Waals surface area contributed by atoms with Crippen LogP contribution in [0.25, 0.3) is 28.7 Å². The van der Waals surface area contributed by atoms with Gasteiger partial charge in [0.15, 0.2) is 11.6 Å². The maximum atomic E-state index is 13.0. The van der Waals surface area contributed by atoms with Crippen molar-refractivity contribution in [2.75, 3.05) is 33.7 Å². The second kappa shape index (κ2) is 18.5. The molecular formula is C44H51ClN14O2. The average Bonchev–Trinajstić information content (AvgIpc) is 4.16. The molecule has 6 aromatic rings. The molecular weight excluding hydrogens is 792 g/mol. The van der Waals surface area contributed by atoms with Crippen LogP contribution in [0.4, 0.5) is 23.0 Å². The first kappa shape index (κ1) is 41.4. The molecule has 8 heterocycles. The molecule has 4 aliphatic rings. The van der Waals surface area contributed by atoms with Gasteiger partial charge in [-0.2, -0.15) is 9.97 Å². The number of nitrogens with one attached hydrogen (secondary N) is 1. The number of halogens is 1. The average molecular weight is 843 g/mol. The van der Waals surface area contributed by atoms with Gasteiger partial charge in [-0.05, 0) is 74.4 Å². The molecule has 0 aromatic carbocycles. The molecule has 2 amide bonds. The number of likely N-dealkylation sites (N-methyl/N-ethyl adjacent to an activating group) is 2. The molecule has 316 valence electrons. The predicted molar refractivity (Wildman–Crippen MR) is 236 cm³/mol. The van der Waals surface area contributed by atoms with Crippen LogP contribution in [-0.4, -0.2) is 99.5 Å². The van der Waals surface area contributed by atoms with Crippen molar-refractivity contribution in [1.82, 2.24) is 49.4 Å². The van der Waals surface area contributed by atoms with E-state index in [9.17, 15) is 9.59 Å². The molecule has 1 N–H and O–H groups in total. The quantitative estimate of drug-likeness (QED) is 0.159. The highest BCUT2D eigenvalue weighted by Crippen LogP contribution is 2.41. The summed E-state index contributed by atoms with van der Waals surface area (Å²) < 4.78 is 1.88. The maximum Gasteiger partial charge on any atom is 0.249 e. The first-order chi connectivity index (χ1) is 29.8. The van der Waals surface area contributed by atoms with E-state index in [-0.39, 0.29) is 29.2 Å². The van der Waals surface area contributed by atoms with Crippen molar-refractivity contribution in [3.8, 4) is 28.7 Å². The summed E-state index contributed by atoms with van der Waals surface area (Å²) in [5, 5.41) is 0.240. The monoisotopic (exact) mass is 842 g/mol. The summed E-state index contributed by atoms with van der Waals surface area (Å²) in [5.74, 6) is 4.04. The van der Waals surface area contributed by atoms with Crippen LogP contribution in [0.15, 0.2) is 86.2 Å². The Bertz CT molecular complexity index is 2400. The fraction of sp³-hybridized carbons (Fsp3) is 0.409. The van der Waals surface area contributed by atoms with E-state index in [1.165, 1.54) is 25.7 Å². The third-order valence-electron chi connectivity index (χ3n) is 12.0. The Balaban J connectivity index is 0.000000142. The smallest absolute Gasteiger partial charge is 0.249 e. The van der Waals surface area contributed by atoms with Crippen LogP contribution in [0.3, 0.4) is 0 Å². The van der Waals surface area contributed by atoms with Gasteiger partial charge in [0.25, 0.3) is 0 Å². The van der Waals surface area contributed by atoms with Crippen LogP contribution in [0.2, 0.25) is 5.28 Å². The van der Waals surface area contributed by atoms with Crippen molar-refractivity contribution < 1.29 is 9.59 Å². The Morgan fingerprint density at radius 3 is 1.75 bits per heavy atom. The van der Waals surface area contributed by atoms with Gasteiger partial charge in [-0.1, -0.05) is 39.5 Å². The molecule has 6 aromatic heterocycles. The van der Waals surface area contributed by atoms with E-state index < -0.39 is 0 Å². The summed E-state index contributed by atoms with van der Waals surface area (Å²) in [6.45, 7) is 4.12. The molecule has 0 unspecified atom stereocenters. The normalized spacial score (nSPS) is 19.0. The molecule has 17 heteroatoms. The summed E-state index contributed by atoms with van der Waals surface area (Å²) >= 11 is 5.97. The van der Waals surface area contributed by atoms with Gasteiger partial charge in [0, 0.05) is 86.9 Å². The lowest BCUT2D eigenvalue weighted by Crippen LogP contribution is -2.55. The van der Waals surface area contributed by atoms with E-state index in [2.05, 4.69) is 56.6 Å². The minimum atomic E-state index is -0.186. The first-order valence-corrected chi connectivity index (χ1v) is 21.5. The van der Waals surface area contributed by atoms with Gasteiger partial charge < -0.3 is 24.6 Å². The molecule has 0 radical (unpaired) electrons. The van der Waals surface area contributed by atoms with E-state index in [0.29, 0.717) is 18.0 Å². The lowest BCUT2D eigenvalue weighted by atomic mass is 10.0. The highest BCUT2D eigenvalue weighted by atomic mass is 35.5. The molecule has 0 saturated heterocycles. The number of amides is 2. The number of imidazole rings is 2. The van der Waals surface area contributed by atoms with Gasteiger partial charge in [0.05, 0.1) is 12.4 Å². The van der Waals surface area contributed by atoms with Crippen molar-refractivity contribution in [2.45, 2.75) is 102 Å². The molecule has 2 aliphatic carbocycles. The van der Waals surface area contributed by atoms with E-state index in [1.807, 2.05) is 49.0 Å². The third kappa shape index (κ3) is 8.41. The van der Waals surface area contributed by atoms with Crippen molar-refractivity contribution in [3.63, 3.8) is 0 Å². The number of pyridine rings is 2. The van der Waals surface area contributed by atoms with Crippen LogP contribution in [0, 0.1) is 0 Å². The molecule has 2 aliphatic heterocycles. The number of rotatable bonds is 7. The van der Waals surface area contributed by atoms with E-state index >= 15 is 0 Å². The van der Waals surface area contributed by atoms with Gasteiger partial charge in [0.1, 0.15) is 35.1 Å². The Kier molecular flexibility index (Phi) is 12.6. The molecule has 0 spiro atoms. The molecule has 2 saturated carbocycles. The first-order valence-electron chi connectivity index (χ1n) is 21.1. The number of fused-ring (bicyclic) bond motifs is 2. The fourth-order valence-corrected chi connectivity index (χ4v) is 9.08. The SMILES string of the molecule is CC[C@@H]1C(=O)N(C)c2cnc(-n3ccnc3-c3cccnc3)nc2N1C1CCCC1.CC[C@@H]1C(=O)N(C)c2cnc(Cl)nc2N1C1CCCC1.c1cncc(-c2ncc[nH]2)c1. The molecule has 61 heavy (non-hydrogen) atoms. The zero-order valence-electron chi connectivity index (χ0n) is 35.0. The van der Waals surface area contributed by atoms with Gasteiger partial charge >= 0.3 is 0 Å². The van der Waals surface area contributed by atoms with Crippen molar-refractivity contribution in [3.05, 3.63) is 91.5 Å². The van der Waals surface area contributed by atoms with Gasteiger partial charge in [-0.25, -0.2) is 19.9 Å². The number of aromatic nitrogens is 10. The Labute approximate surface area is 360 Å². The lowest BCUT2D eigenvalue weighted by molar-refractivity contribution is -0.120. The second-order valence-corrected chi connectivity index (χ2v) is 15.9. The zero-order chi connectivity index (χ0) is 42.5. The Morgan fingerprint density at radius 1 is 0.672 bits per heavy atom. The van der Waals surface area contributed by atoms with Crippen molar-refractivity contribution >= 4 is 46.4 Å². The predicted octanol–water partition coefficient (Wildman–Crippen LogP) is 7.33. The summed E-state index contributed by atoms with van der Waals surface area (Å²) in [7, 11) is 3.60. The standard InChI is InChI=1S/C22H25N7O.C14H19ClN4O.C8H7N3/c1-3-17-21(30)27(2)18-14-25-22(26-20(18)29(17)16-8-4-5-9-16)28-12-11-24-19(28)15-7-6-10-23-13-15;1-3-10-13(20)18(2)11-8-16-14(15)17-12(11)19(10)9-6-4-5-7-9;1-2-7(6-9-3-1)8-10-4-5-11-8/h6-7,10-14,16-17H,3-5,8-9H2,1-2H3;8-10H,3-7H2,1-2H3;1-6H,(H,10,11)/t17-;10-;/m11./s1. The minimum Gasteiger partial charge on any atom is -0.345 e. The van der Waals surface area contributed by atoms with Crippen LogP contribution in [0.1, 0.15) is 78.1 Å². The number of aromatic amines is 1.